The van der Waals surface area contributed by atoms with Crippen molar-refractivity contribution in [1.29, 1.82) is 0 Å². The third-order valence-corrected chi connectivity index (χ3v) is 4.24. The number of nitrogens with zero attached hydrogens (tertiary/aromatic N) is 1. The summed E-state index contributed by atoms with van der Waals surface area (Å²) < 4.78 is 0. The number of amides is 3. The van der Waals surface area contributed by atoms with Gasteiger partial charge in [0, 0.05) is 19.5 Å². The van der Waals surface area contributed by atoms with Gasteiger partial charge in [0.2, 0.25) is 5.91 Å². The molecular weight excluding hydrogens is 294 g/mol. The fraction of sp³-hybridized carbons (Fsp3) is 0.769. The van der Waals surface area contributed by atoms with Crippen molar-refractivity contribution in [1.82, 2.24) is 10.2 Å². The molecule has 0 bridgehead atoms. The molecule has 1 aliphatic rings. The highest BCUT2D eigenvalue weighted by Crippen LogP contribution is 2.20. The van der Waals surface area contributed by atoms with Crippen LogP contribution in [0.15, 0.2) is 0 Å². The number of carboxylic acids is 1. The van der Waals surface area contributed by atoms with Gasteiger partial charge in [-0.2, -0.15) is 11.8 Å². The van der Waals surface area contributed by atoms with Crippen LogP contribution in [0.25, 0.3) is 0 Å². The van der Waals surface area contributed by atoms with Gasteiger partial charge in [-0.05, 0) is 37.2 Å². The molecule has 7 nitrogen and oxygen atoms in total. The quantitative estimate of drug-likeness (QED) is 0.632. The monoisotopic (exact) mass is 317 g/mol. The first kappa shape index (κ1) is 17.6. The third kappa shape index (κ3) is 6.24. The Labute approximate surface area is 128 Å². The van der Waals surface area contributed by atoms with Crippen LogP contribution in [0.3, 0.4) is 0 Å². The number of aliphatic carboxylic acids is 1. The normalized spacial score (nSPS) is 17.3. The van der Waals surface area contributed by atoms with Crippen LogP contribution < -0.4 is 11.1 Å². The van der Waals surface area contributed by atoms with E-state index in [1.54, 1.807) is 16.7 Å². The molecule has 1 rings (SSSR count). The van der Waals surface area contributed by atoms with Gasteiger partial charge in [0.25, 0.3) is 0 Å². The van der Waals surface area contributed by atoms with E-state index in [-0.39, 0.29) is 17.9 Å². The molecule has 1 heterocycles. The summed E-state index contributed by atoms with van der Waals surface area (Å²) in [6.45, 7) is 1.05. The Kier molecular flexibility index (Phi) is 7.35. The lowest BCUT2D eigenvalue weighted by Gasteiger charge is -2.32. The number of urea groups is 1. The largest absolute Gasteiger partial charge is 0.480 e. The summed E-state index contributed by atoms with van der Waals surface area (Å²) in [6, 6.07) is -1.20. The zero-order chi connectivity index (χ0) is 15.8. The van der Waals surface area contributed by atoms with Gasteiger partial charge >= 0.3 is 12.0 Å². The summed E-state index contributed by atoms with van der Waals surface area (Å²) in [5.41, 5.74) is 5.16. The van der Waals surface area contributed by atoms with E-state index in [0.29, 0.717) is 31.7 Å². The van der Waals surface area contributed by atoms with Crippen LogP contribution in [0.4, 0.5) is 4.79 Å². The maximum atomic E-state index is 12.1. The molecule has 0 aliphatic carbocycles. The Hall–Kier alpha value is -1.44. The van der Waals surface area contributed by atoms with Gasteiger partial charge in [0.15, 0.2) is 0 Å². The number of piperidine rings is 1. The molecule has 4 N–H and O–H groups in total. The van der Waals surface area contributed by atoms with Gasteiger partial charge in [-0.1, -0.05) is 0 Å². The van der Waals surface area contributed by atoms with E-state index in [0.717, 1.165) is 12.8 Å². The van der Waals surface area contributed by atoms with Crippen LogP contribution in [0.5, 0.6) is 0 Å². The fourth-order valence-corrected chi connectivity index (χ4v) is 2.83. The first-order valence-corrected chi connectivity index (χ1v) is 8.39. The predicted molar refractivity (Wildman–Crippen MR) is 81.1 cm³/mol. The van der Waals surface area contributed by atoms with Crippen LogP contribution in [0.2, 0.25) is 0 Å². The minimum atomic E-state index is -1.01. The van der Waals surface area contributed by atoms with Gasteiger partial charge in [-0.15, -0.1) is 0 Å². The summed E-state index contributed by atoms with van der Waals surface area (Å²) in [5, 5.41) is 11.7. The Morgan fingerprint density at radius 3 is 2.48 bits per heavy atom. The molecular formula is C13H23N3O4S. The van der Waals surface area contributed by atoms with E-state index in [2.05, 4.69) is 5.32 Å². The molecule has 8 heteroatoms. The zero-order valence-corrected chi connectivity index (χ0v) is 13.0. The molecule has 0 saturated carbocycles. The Morgan fingerprint density at radius 2 is 2.00 bits per heavy atom. The first-order chi connectivity index (χ1) is 9.93. The number of nitrogens with one attached hydrogen (secondary N) is 1. The summed E-state index contributed by atoms with van der Waals surface area (Å²) in [6.07, 6.45) is 4.09. The fourth-order valence-electron chi connectivity index (χ4n) is 2.36. The van der Waals surface area contributed by atoms with Crippen molar-refractivity contribution >= 4 is 29.7 Å². The molecule has 1 fully saturated rings. The molecule has 120 valence electrons. The van der Waals surface area contributed by atoms with E-state index >= 15 is 0 Å². The number of rotatable bonds is 7. The minimum Gasteiger partial charge on any atom is -0.480 e. The molecule has 0 aromatic heterocycles. The maximum absolute atomic E-state index is 12.1. The van der Waals surface area contributed by atoms with Gasteiger partial charge in [-0.3, -0.25) is 4.79 Å². The lowest BCUT2D eigenvalue weighted by Crippen LogP contribution is -2.50. The number of carbonyl (C=O) groups is 3. The van der Waals surface area contributed by atoms with Crippen LogP contribution in [0.1, 0.15) is 25.7 Å². The second-order valence-corrected chi connectivity index (χ2v) is 6.21. The van der Waals surface area contributed by atoms with Crippen LogP contribution in [-0.4, -0.2) is 59.1 Å². The summed E-state index contributed by atoms with van der Waals surface area (Å²) >= 11 is 1.54. The smallest absolute Gasteiger partial charge is 0.326 e. The van der Waals surface area contributed by atoms with Crippen LogP contribution >= 0.6 is 11.8 Å². The Balaban J connectivity index is 2.41. The summed E-state index contributed by atoms with van der Waals surface area (Å²) in [5.74, 6) is -0.432. The van der Waals surface area contributed by atoms with Gasteiger partial charge in [0.05, 0.1) is 0 Å². The molecule has 3 amide bonds. The van der Waals surface area contributed by atoms with Crippen molar-refractivity contribution in [2.75, 3.05) is 25.1 Å². The average Bonchev–Trinajstić information content (AvgIpc) is 2.43. The van der Waals surface area contributed by atoms with E-state index in [1.165, 1.54) is 0 Å². The lowest BCUT2D eigenvalue weighted by atomic mass is 9.93. The minimum absolute atomic E-state index is 0.221. The van der Waals surface area contributed by atoms with Crippen LogP contribution in [0, 0.1) is 5.92 Å². The zero-order valence-electron chi connectivity index (χ0n) is 12.2. The van der Waals surface area contributed by atoms with Gasteiger partial charge in [0.1, 0.15) is 6.04 Å². The van der Waals surface area contributed by atoms with Crippen molar-refractivity contribution in [2.45, 2.75) is 31.7 Å². The number of hydrogen-bond donors (Lipinski definition) is 3. The first-order valence-electron chi connectivity index (χ1n) is 6.99. The predicted octanol–water partition coefficient (Wildman–Crippen LogP) is 0.490. The SMILES string of the molecule is CSCC[C@@H](NC(=O)N1CCC(CC(N)=O)CC1)C(=O)O. The Morgan fingerprint density at radius 1 is 1.38 bits per heavy atom. The molecule has 1 atom stereocenters. The molecule has 0 aromatic carbocycles. The molecule has 21 heavy (non-hydrogen) atoms. The van der Waals surface area contributed by atoms with Crippen molar-refractivity contribution in [2.24, 2.45) is 11.7 Å². The molecule has 0 spiro atoms. The second-order valence-electron chi connectivity index (χ2n) is 5.22. The maximum Gasteiger partial charge on any atom is 0.326 e. The highest BCUT2D eigenvalue weighted by Gasteiger charge is 2.27. The van der Waals surface area contributed by atoms with E-state index in [1.807, 2.05) is 6.26 Å². The highest BCUT2D eigenvalue weighted by atomic mass is 32.2. The highest BCUT2D eigenvalue weighted by molar-refractivity contribution is 7.98. The molecule has 0 radical (unpaired) electrons. The number of carboxylic acid groups (broad SMARTS) is 1. The van der Waals surface area contributed by atoms with Crippen molar-refractivity contribution in [3.05, 3.63) is 0 Å². The van der Waals surface area contributed by atoms with Crippen molar-refractivity contribution in [3.63, 3.8) is 0 Å². The summed E-state index contributed by atoms with van der Waals surface area (Å²) in [4.78, 5) is 35.6. The van der Waals surface area contributed by atoms with Crippen molar-refractivity contribution in [3.8, 4) is 0 Å². The second kappa shape index (κ2) is 8.76. The van der Waals surface area contributed by atoms with Crippen molar-refractivity contribution < 1.29 is 19.5 Å². The number of thioether (sulfide) groups is 1. The van der Waals surface area contributed by atoms with Gasteiger partial charge in [-0.25, -0.2) is 9.59 Å². The third-order valence-electron chi connectivity index (χ3n) is 3.60. The molecule has 1 saturated heterocycles. The number of carbonyl (C=O) groups excluding carboxylic acids is 2. The molecule has 0 unspecified atom stereocenters. The van der Waals surface area contributed by atoms with E-state index in [9.17, 15) is 14.4 Å². The topological polar surface area (TPSA) is 113 Å². The average molecular weight is 317 g/mol. The number of nitrogens with two attached hydrogens (primary N) is 1. The molecule has 1 aliphatic heterocycles. The lowest BCUT2D eigenvalue weighted by molar-refractivity contribution is -0.139. The molecule has 0 aromatic rings. The number of primary amides is 1. The van der Waals surface area contributed by atoms with Crippen LogP contribution in [-0.2, 0) is 9.59 Å². The number of likely N-dealkylation sites (tertiary alicyclic amines) is 1. The Bertz CT molecular complexity index is 384. The van der Waals surface area contributed by atoms with Gasteiger partial charge < -0.3 is 21.1 Å². The van der Waals surface area contributed by atoms with E-state index < -0.39 is 12.0 Å². The standard InChI is InChI=1S/C13H23N3O4S/c1-21-7-4-10(12(18)19)15-13(20)16-5-2-9(3-6-16)8-11(14)17/h9-10H,2-8H2,1H3,(H2,14,17)(H,15,20)(H,18,19)/t10-/m1/s1. The number of hydrogen-bond acceptors (Lipinski definition) is 4. The summed E-state index contributed by atoms with van der Waals surface area (Å²) in [7, 11) is 0. The van der Waals surface area contributed by atoms with E-state index in [4.69, 9.17) is 10.8 Å².